The summed E-state index contributed by atoms with van der Waals surface area (Å²) in [5, 5.41) is 11.3. The smallest absolute Gasteiger partial charge is 0.191 e. The highest BCUT2D eigenvalue weighted by molar-refractivity contribution is 5.79. The van der Waals surface area contributed by atoms with Gasteiger partial charge in [0.05, 0.1) is 5.69 Å². The highest BCUT2D eigenvalue weighted by Crippen LogP contribution is 2.18. The molecule has 0 spiro atoms. The van der Waals surface area contributed by atoms with Crippen LogP contribution in [-0.4, -0.2) is 40.8 Å². The number of aliphatic imine (C=N–C) groups is 1. The summed E-state index contributed by atoms with van der Waals surface area (Å²) in [4.78, 5) is 6.93. The standard InChI is InChI=1S/C23H36N6/c1-17-7-6-12-29(15-17)16-21-10-8-20(9-11-21)13-25-23(24-4)26-14-22-18(2)27-28(5)19(22)3/h8-11,17H,6-7,12-16H2,1-5H3,(H2,24,25,26). The number of nitrogens with one attached hydrogen (secondary N) is 2. The first-order valence-corrected chi connectivity index (χ1v) is 10.7. The molecule has 0 aliphatic carbocycles. The minimum Gasteiger partial charge on any atom is -0.352 e. The maximum absolute atomic E-state index is 4.47. The summed E-state index contributed by atoms with van der Waals surface area (Å²) in [5.41, 5.74) is 6.13. The Bertz CT molecular complexity index is 821. The van der Waals surface area contributed by atoms with Gasteiger partial charge < -0.3 is 10.6 Å². The summed E-state index contributed by atoms with van der Waals surface area (Å²) in [6.45, 7) is 11.5. The van der Waals surface area contributed by atoms with Gasteiger partial charge in [-0.05, 0) is 50.3 Å². The third-order valence-corrected chi connectivity index (χ3v) is 5.95. The fourth-order valence-electron chi connectivity index (χ4n) is 4.10. The van der Waals surface area contributed by atoms with Crippen molar-refractivity contribution < 1.29 is 0 Å². The Morgan fingerprint density at radius 2 is 1.83 bits per heavy atom. The molecule has 2 heterocycles. The Balaban J connectivity index is 1.48. The van der Waals surface area contributed by atoms with Crippen LogP contribution in [0.3, 0.4) is 0 Å². The first kappa shape index (κ1) is 21.4. The normalized spacial score (nSPS) is 18.1. The van der Waals surface area contributed by atoms with E-state index in [4.69, 9.17) is 0 Å². The van der Waals surface area contributed by atoms with Crippen molar-refractivity contribution in [2.45, 2.75) is 53.2 Å². The molecule has 0 bridgehead atoms. The molecule has 1 aliphatic heterocycles. The molecule has 158 valence electrons. The Hall–Kier alpha value is -2.34. The number of aromatic nitrogens is 2. The number of aryl methyl sites for hydroxylation is 2. The predicted octanol–water partition coefficient (Wildman–Crippen LogP) is 3.13. The first-order chi connectivity index (χ1) is 14.0. The predicted molar refractivity (Wildman–Crippen MR) is 120 cm³/mol. The molecular weight excluding hydrogens is 360 g/mol. The monoisotopic (exact) mass is 396 g/mol. The average Bonchev–Trinajstić information content (AvgIpc) is 2.95. The van der Waals surface area contributed by atoms with Crippen LogP contribution in [-0.2, 0) is 26.7 Å². The van der Waals surface area contributed by atoms with Gasteiger partial charge in [0.25, 0.3) is 0 Å². The van der Waals surface area contributed by atoms with Gasteiger partial charge in [-0.2, -0.15) is 5.10 Å². The van der Waals surface area contributed by atoms with Crippen LogP contribution in [0.2, 0.25) is 0 Å². The highest BCUT2D eigenvalue weighted by atomic mass is 15.3. The van der Waals surface area contributed by atoms with Crippen LogP contribution in [0.15, 0.2) is 29.3 Å². The fraction of sp³-hybridized carbons (Fsp3) is 0.565. The van der Waals surface area contributed by atoms with Gasteiger partial charge >= 0.3 is 0 Å². The summed E-state index contributed by atoms with van der Waals surface area (Å²) in [7, 11) is 3.79. The molecule has 2 aromatic rings. The molecule has 1 aromatic heterocycles. The van der Waals surface area contributed by atoms with Crippen molar-refractivity contribution in [3.05, 3.63) is 52.3 Å². The van der Waals surface area contributed by atoms with Gasteiger partial charge in [-0.1, -0.05) is 31.2 Å². The second-order valence-electron chi connectivity index (χ2n) is 8.35. The van der Waals surface area contributed by atoms with E-state index in [1.165, 1.54) is 48.3 Å². The molecule has 1 saturated heterocycles. The van der Waals surface area contributed by atoms with Crippen LogP contribution in [0.5, 0.6) is 0 Å². The number of likely N-dealkylation sites (tertiary alicyclic amines) is 1. The van der Waals surface area contributed by atoms with E-state index in [9.17, 15) is 0 Å². The number of nitrogens with zero attached hydrogens (tertiary/aromatic N) is 4. The first-order valence-electron chi connectivity index (χ1n) is 10.7. The zero-order chi connectivity index (χ0) is 20.8. The van der Waals surface area contributed by atoms with E-state index < -0.39 is 0 Å². The number of guanidine groups is 1. The summed E-state index contributed by atoms with van der Waals surface area (Å²) in [6.07, 6.45) is 2.70. The molecule has 1 aliphatic rings. The minimum atomic E-state index is 0.721. The topological polar surface area (TPSA) is 57.5 Å². The van der Waals surface area contributed by atoms with E-state index in [1.807, 2.05) is 18.7 Å². The van der Waals surface area contributed by atoms with Crippen LogP contribution in [0.1, 0.15) is 47.8 Å². The molecule has 1 fully saturated rings. The summed E-state index contributed by atoms with van der Waals surface area (Å²) >= 11 is 0. The molecule has 0 saturated carbocycles. The van der Waals surface area contributed by atoms with Crippen LogP contribution >= 0.6 is 0 Å². The number of piperidine rings is 1. The van der Waals surface area contributed by atoms with E-state index in [1.54, 1.807) is 7.05 Å². The fourth-order valence-corrected chi connectivity index (χ4v) is 4.10. The second-order valence-corrected chi connectivity index (χ2v) is 8.35. The minimum absolute atomic E-state index is 0.721. The molecule has 2 N–H and O–H groups in total. The van der Waals surface area contributed by atoms with Crippen molar-refractivity contribution in [1.82, 2.24) is 25.3 Å². The molecule has 29 heavy (non-hydrogen) atoms. The molecule has 1 aromatic carbocycles. The number of rotatable bonds is 6. The lowest BCUT2D eigenvalue weighted by Crippen LogP contribution is -2.36. The largest absolute Gasteiger partial charge is 0.352 e. The van der Waals surface area contributed by atoms with E-state index >= 15 is 0 Å². The van der Waals surface area contributed by atoms with E-state index in [0.717, 1.165) is 37.2 Å². The lowest BCUT2D eigenvalue weighted by Gasteiger charge is -2.30. The summed E-state index contributed by atoms with van der Waals surface area (Å²) < 4.78 is 1.93. The quantitative estimate of drug-likeness (QED) is 0.582. The molecule has 6 heteroatoms. The number of hydrogen-bond acceptors (Lipinski definition) is 3. The van der Waals surface area contributed by atoms with Gasteiger partial charge in [-0.25, -0.2) is 0 Å². The Labute approximate surface area is 175 Å². The van der Waals surface area contributed by atoms with E-state index in [-0.39, 0.29) is 0 Å². The van der Waals surface area contributed by atoms with Crippen molar-refractivity contribution in [3.63, 3.8) is 0 Å². The average molecular weight is 397 g/mol. The molecule has 0 amide bonds. The van der Waals surface area contributed by atoms with Crippen molar-refractivity contribution >= 4 is 5.96 Å². The molecule has 0 radical (unpaired) electrons. The zero-order valence-electron chi connectivity index (χ0n) is 18.6. The van der Waals surface area contributed by atoms with Crippen molar-refractivity contribution in [2.75, 3.05) is 20.1 Å². The van der Waals surface area contributed by atoms with E-state index in [0.29, 0.717) is 0 Å². The zero-order valence-corrected chi connectivity index (χ0v) is 18.6. The van der Waals surface area contributed by atoms with Crippen LogP contribution in [0.4, 0.5) is 0 Å². The highest BCUT2D eigenvalue weighted by Gasteiger charge is 2.16. The third-order valence-electron chi connectivity index (χ3n) is 5.95. The Morgan fingerprint density at radius 3 is 2.45 bits per heavy atom. The van der Waals surface area contributed by atoms with Crippen LogP contribution in [0, 0.1) is 19.8 Å². The molecule has 1 unspecified atom stereocenters. The number of hydrogen-bond donors (Lipinski definition) is 2. The Morgan fingerprint density at radius 1 is 1.14 bits per heavy atom. The van der Waals surface area contributed by atoms with Gasteiger partial charge in [0.1, 0.15) is 0 Å². The van der Waals surface area contributed by atoms with Crippen LogP contribution in [0.25, 0.3) is 0 Å². The lowest BCUT2D eigenvalue weighted by atomic mass is 9.99. The van der Waals surface area contributed by atoms with Crippen LogP contribution < -0.4 is 10.6 Å². The molecule has 6 nitrogen and oxygen atoms in total. The van der Waals surface area contributed by atoms with Crippen molar-refractivity contribution in [2.24, 2.45) is 18.0 Å². The van der Waals surface area contributed by atoms with Crippen molar-refractivity contribution in [3.8, 4) is 0 Å². The molecule has 1 atom stereocenters. The summed E-state index contributed by atoms with van der Waals surface area (Å²) in [6, 6.07) is 8.96. The summed E-state index contributed by atoms with van der Waals surface area (Å²) in [5.74, 6) is 1.63. The Kier molecular flexibility index (Phi) is 7.31. The van der Waals surface area contributed by atoms with Crippen molar-refractivity contribution in [1.29, 1.82) is 0 Å². The van der Waals surface area contributed by atoms with Gasteiger partial charge in [-0.3, -0.25) is 14.6 Å². The lowest BCUT2D eigenvalue weighted by molar-refractivity contribution is 0.176. The maximum atomic E-state index is 4.47. The molecule has 3 rings (SSSR count). The third kappa shape index (κ3) is 5.82. The SMILES string of the molecule is CN=C(NCc1ccc(CN2CCCC(C)C2)cc1)NCc1c(C)nn(C)c1C. The maximum Gasteiger partial charge on any atom is 0.191 e. The van der Waals surface area contributed by atoms with Gasteiger partial charge in [0.2, 0.25) is 0 Å². The number of benzene rings is 1. The van der Waals surface area contributed by atoms with Gasteiger partial charge in [0, 0.05) is 51.5 Å². The second kappa shape index (κ2) is 9.92. The van der Waals surface area contributed by atoms with E-state index in [2.05, 4.69) is 63.7 Å². The van der Waals surface area contributed by atoms with Gasteiger partial charge in [-0.15, -0.1) is 0 Å². The van der Waals surface area contributed by atoms with Gasteiger partial charge in [0.15, 0.2) is 5.96 Å². The molecular formula is C23H36N6.